The Bertz CT molecular complexity index is 873. The van der Waals surface area contributed by atoms with Crippen molar-refractivity contribution in [2.24, 2.45) is 0 Å². The third-order valence-electron chi connectivity index (χ3n) is 3.75. The Morgan fingerprint density at radius 1 is 1.48 bits per heavy atom. The van der Waals surface area contributed by atoms with Crippen LogP contribution in [-0.2, 0) is 17.9 Å². The van der Waals surface area contributed by atoms with E-state index in [2.05, 4.69) is 11.7 Å². The fourth-order valence-corrected chi connectivity index (χ4v) is 2.63. The average molecular weight is 343 g/mol. The highest BCUT2D eigenvalue weighted by Gasteiger charge is 2.18. The molecular formula is C18H18FN3O3. The topological polar surface area (TPSA) is 71.5 Å². The van der Waals surface area contributed by atoms with Gasteiger partial charge in [0.15, 0.2) is 0 Å². The monoisotopic (exact) mass is 343 g/mol. The third-order valence-corrected chi connectivity index (χ3v) is 3.75. The molecule has 3 aromatic rings. The summed E-state index contributed by atoms with van der Waals surface area (Å²) in [7, 11) is 0. The Labute approximate surface area is 143 Å². The fraction of sp³-hybridized carbons (Fsp3) is 0.222. The summed E-state index contributed by atoms with van der Waals surface area (Å²) in [5.74, 6) is -0.179. The van der Waals surface area contributed by atoms with E-state index in [1.54, 1.807) is 35.3 Å². The maximum Gasteiger partial charge on any atom is 0.246 e. The number of carbonyl (C=O) groups is 1. The van der Waals surface area contributed by atoms with Crippen LogP contribution in [0.25, 0.3) is 11.0 Å². The molecule has 6 nitrogen and oxygen atoms in total. The van der Waals surface area contributed by atoms with Gasteiger partial charge in [0.05, 0.1) is 19.2 Å². The van der Waals surface area contributed by atoms with E-state index in [0.717, 1.165) is 0 Å². The maximum absolute atomic E-state index is 13.3. The Morgan fingerprint density at radius 2 is 2.32 bits per heavy atom. The Balaban J connectivity index is 1.73. The van der Waals surface area contributed by atoms with E-state index >= 15 is 0 Å². The number of halogens is 1. The van der Waals surface area contributed by atoms with Gasteiger partial charge in [-0.1, -0.05) is 6.58 Å². The molecule has 25 heavy (non-hydrogen) atoms. The van der Waals surface area contributed by atoms with Crippen molar-refractivity contribution in [3.63, 3.8) is 0 Å². The van der Waals surface area contributed by atoms with Crippen LogP contribution in [0.2, 0.25) is 0 Å². The molecule has 2 aromatic heterocycles. The number of benzene rings is 1. The molecule has 130 valence electrons. The lowest BCUT2D eigenvalue weighted by molar-refractivity contribution is -0.128. The normalized spacial score (nSPS) is 12.2. The van der Waals surface area contributed by atoms with Gasteiger partial charge >= 0.3 is 0 Å². The molecule has 1 aromatic carbocycles. The lowest BCUT2D eigenvalue weighted by atomic mass is 10.2. The van der Waals surface area contributed by atoms with Crippen molar-refractivity contribution >= 4 is 16.9 Å². The van der Waals surface area contributed by atoms with Crippen LogP contribution < -0.4 is 0 Å². The first-order valence-electron chi connectivity index (χ1n) is 7.80. The molecule has 0 saturated heterocycles. The van der Waals surface area contributed by atoms with Gasteiger partial charge in [-0.2, -0.15) is 5.10 Å². The van der Waals surface area contributed by atoms with Crippen LogP contribution in [0.1, 0.15) is 5.76 Å². The van der Waals surface area contributed by atoms with Crippen LogP contribution in [-0.4, -0.2) is 38.3 Å². The van der Waals surface area contributed by atoms with Crippen molar-refractivity contribution < 1.29 is 18.7 Å². The summed E-state index contributed by atoms with van der Waals surface area (Å²) in [6.07, 6.45) is 3.73. The van der Waals surface area contributed by atoms with Gasteiger partial charge in [-0.05, 0) is 36.4 Å². The molecule has 1 N–H and O–H groups in total. The smallest absolute Gasteiger partial charge is 0.246 e. The van der Waals surface area contributed by atoms with Gasteiger partial charge < -0.3 is 14.4 Å². The molecule has 0 bridgehead atoms. The molecule has 0 spiro atoms. The van der Waals surface area contributed by atoms with E-state index in [9.17, 15) is 14.3 Å². The molecule has 1 atom stereocenters. The van der Waals surface area contributed by atoms with Crippen molar-refractivity contribution in [2.45, 2.75) is 19.2 Å². The maximum atomic E-state index is 13.3. The number of fused-ring (bicyclic) bond motifs is 1. The van der Waals surface area contributed by atoms with E-state index in [1.165, 1.54) is 23.1 Å². The molecule has 0 aliphatic carbocycles. The number of hydrogen-bond donors (Lipinski definition) is 1. The summed E-state index contributed by atoms with van der Waals surface area (Å²) in [6.45, 7) is 4.00. The zero-order valence-corrected chi connectivity index (χ0v) is 13.5. The SMILES string of the molecule is C=CC(=O)N(Cc1cc2cc(F)ccc2o1)CC(O)Cn1cccn1. The molecule has 0 aliphatic rings. The number of rotatable bonds is 7. The van der Waals surface area contributed by atoms with E-state index < -0.39 is 6.10 Å². The first-order valence-corrected chi connectivity index (χ1v) is 7.80. The predicted octanol–water partition coefficient (Wildman–Crippen LogP) is 2.34. The van der Waals surface area contributed by atoms with Crippen LogP contribution in [0.4, 0.5) is 4.39 Å². The molecule has 0 aliphatic heterocycles. The first kappa shape index (κ1) is 16.9. The Kier molecular flexibility index (Phi) is 4.95. The summed E-state index contributed by atoms with van der Waals surface area (Å²) in [5, 5.41) is 14.9. The molecule has 7 heteroatoms. The zero-order valence-electron chi connectivity index (χ0n) is 13.5. The predicted molar refractivity (Wildman–Crippen MR) is 90.0 cm³/mol. The number of nitrogens with zero attached hydrogens (tertiary/aromatic N) is 3. The standard InChI is InChI=1S/C18H18FN3O3/c1-2-18(24)21(10-15(23)11-22-7-3-6-20-22)12-16-9-13-8-14(19)4-5-17(13)25-16/h2-9,15,23H,1,10-12H2. The highest BCUT2D eigenvalue weighted by molar-refractivity contribution is 5.87. The molecule has 0 radical (unpaired) electrons. The lowest BCUT2D eigenvalue weighted by Gasteiger charge is -2.23. The largest absolute Gasteiger partial charge is 0.459 e. The van der Waals surface area contributed by atoms with Crippen LogP contribution in [0.3, 0.4) is 0 Å². The number of furan rings is 1. The van der Waals surface area contributed by atoms with Crippen LogP contribution in [0.15, 0.2) is 59.8 Å². The summed E-state index contributed by atoms with van der Waals surface area (Å²) in [5.41, 5.74) is 0.541. The second-order valence-corrected chi connectivity index (χ2v) is 5.70. The second-order valence-electron chi connectivity index (χ2n) is 5.70. The van der Waals surface area contributed by atoms with E-state index in [1.807, 2.05) is 0 Å². The number of aromatic nitrogens is 2. The van der Waals surface area contributed by atoms with Crippen molar-refractivity contribution in [3.05, 3.63) is 67.0 Å². The fourth-order valence-electron chi connectivity index (χ4n) is 2.63. The first-order chi connectivity index (χ1) is 12.0. The molecule has 1 unspecified atom stereocenters. The summed E-state index contributed by atoms with van der Waals surface area (Å²) >= 11 is 0. The molecule has 0 fully saturated rings. The highest BCUT2D eigenvalue weighted by Crippen LogP contribution is 2.21. The molecule has 3 rings (SSSR count). The van der Waals surface area contributed by atoms with Crippen LogP contribution in [0.5, 0.6) is 0 Å². The lowest BCUT2D eigenvalue weighted by Crippen LogP contribution is -2.37. The highest BCUT2D eigenvalue weighted by atomic mass is 19.1. The van der Waals surface area contributed by atoms with Crippen LogP contribution in [0, 0.1) is 5.82 Å². The van der Waals surface area contributed by atoms with Crippen molar-refractivity contribution in [1.82, 2.24) is 14.7 Å². The minimum atomic E-state index is -0.800. The molecule has 0 saturated carbocycles. The Morgan fingerprint density at radius 3 is 3.04 bits per heavy atom. The van der Waals surface area contributed by atoms with E-state index in [-0.39, 0.29) is 31.4 Å². The van der Waals surface area contributed by atoms with Gasteiger partial charge in [-0.15, -0.1) is 0 Å². The number of hydrogen-bond acceptors (Lipinski definition) is 4. The van der Waals surface area contributed by atoms with Crippen molar-refractivity contribution in [3.8, 4) is 0 Å². The molecular weight excluding hydrogens is 325 g/mol. The average Bonchev–Trinajstić information content (AvgIpc) is 3.22. The van der Waals surface area contributed by atoms with E-state index in [0.29, 0.717) is 16.7 Å². The second kappa shape index (κ2) is 7.31. The van der Waals surface area contributed by atoms with Crippen LogP contribution >= 0.6 is 0 Å². The van der Waals surface area contributed by atoms with Gasteiger partial charge in [-0.25, -0.2) is 4.39 Å². The van der Waals surface area contributed by atoms with E-state index in [4.69, 9.17) is 4.42 Å². The van der Waals surface area contributed by atoms with Gasteiger partial charge in [0, 0.05) is 24.3 Å². The van der Waals surface area contributed by atoms with Gasteiger partial charge in [-0.3, -0.25) is 9.48 Å². The zero-order chi connectivity index (χ0) is 17.8. The third kappa shape index (κ3) is 4.13. The minimum Gasteiger partial charge on any atom is -0.459 e. The summed E-state index contributed by atoms with van der Waals surface area (Å²) < 4.78 is 20.5. The minimum absolute atomic E-state index is 0.0934. The van der Waals surface area contributed by atoms with Gasteiger partial charge in [0.2, 0.25) is 5.91 Å². The number of aliphatic hydroxyl groups is 1. The quantitative estimate of drug-likeness (QED) is 0.669. The summed E-state index contributed by atoms with van der Waals surface area (Å²) in [6, 6.07) is 7.67. The number of carbonyl (C=O) groups excluding carboxylic acids is 1. The summed E-state index contributed by atoms with van der Waals surface area (Å²) in [4.78, 5) is 13.5. The molecule has 2 heterocycles. The number of amides is 1. The number of aliphatic hydroxyl groups excluding tert-OH is 1. The van der Waals surface area contributed by atoms with Gasteiger partial charge in [0.1, 0.15) is 17.2 Å². The van der Waals surface area contributed by atoms with Crippen molar-refractivity contribution in [1.29, 1.82) is 0 Å². The van der Waals surface area contributed by atoms with Gasteiger partial charge in [0.25, 0.3) is 0 Å². The van der Waals surface area contributed by atoms with Crippen molar-refractivity contribution in [2.75, 3.05) is 6.54 Å². The Hall–Kier alpha value is -2.93. The molecule has 1 amide bonds.